The number of nitrogens with two attached hydrogens (primary N) is 2. The zero-order chi connectivity index (χ0) is 39.8. The van der Waals surface area contributed by atoms with E-state index in [4.69, 9.17) is 30.1 Å². The molecule has 8 heterocycles. The number of hydrogen-bond donors (Lipinski definition) is 5. The summed E-state index contributed by atoms with van der Waals surface area (Å²) in [5.41, 5.74) is 16.5. The zero-order valence-corrected chi connectivity index (χ0v) is 32.6. The van der Waals surface area contributed by atoms with Gasteiger partial charge in [-0.2, -0.15) is 0 Å². The van der Waals surface area contributed by atoms with Gasteiger partial charge in [-0.05, 0) is 108 Å². The number of quaternary nitrogens is 1. The number of aryl methyl sites for hydroxylation is 2. The summed E-state index contributed by atoms with van der Waals surface area (Å²) in [4.78, 5) is 42.4. The van der Waals surface area contributed by atoms with E-state index in [0.29, 0.717) is 79.6 Å². The number of epoxide rings is 1. The second-order valence-electron chi connectivity index (χ2n) is 16.7. The normalized spacial score (nSPS) is 27.0. The number of fused-ring (bicyclic) bond motifs is 5. The Morgan fingerprint density at radius 3 is 2.70 bits per heavy atom. The number of ether oxygens (including phenoxy) is 3. The number of allylic oxidation sites excluding steroid dienone is 1. The van der Waals surface area contributed by atoms with Gasteiger partial charge in [-0.1, -0.05) is 0 Å². The van der Waals surface area contributed by atoms with Crippen molar-refractivity contribution in [2.24, 2.45) is 10.9 Å². The van der Waals surface area contributed by atoms with Crippen molar-refractivity contribution in [3.8, 4) is 22.8 Å². The number of carbonyl (C=O) groups is 1. The molecular formula is C43H48N7O7+. The summed E-state index contributed by atoms with van der Waals surface area (Å²) in [5.74, 6) is 0.628. The fourth-order valence-electron chi connectivity index (χ4n) is 9.44. The van der Waals surface area contributed by atoms with Crippen LogP contribution in [0.1, 0.15) is 68.0 Å². The largest absolute Gasteiger partial charge is 0.507 e. The molecule has 0 bridgehead atoms. The molecule has 2 fully saturated rings. The quantitative estimate of drug-likeness (QED) is 0.129. The first-order chi connectivity index (χ1) is 27.3. The van der Waals surface area contributed by atoms with Gasteiger partial charge in [-0.3, -0.25) is 14.7 Å². The third-order valence-corrected chi connectivity index (χ3v) is 12.1. The molecule has 0 radical (unpaired) electrons. The van der Waals surface area contributed by atoms with E-state index < -0.39 is 29.2 Å². The Bertz CT molecular complexity index is 2470. The minimum absolute atomic E-state index is 0.0871. The fraction of sp³-hybridized carbons (Fsp3) is 0.419. The van der Waals surface area contributed by atoms with E-state index in [1.807, 2.05) is 57.5 Å². The number of anilines is 2. The second kappa shape index (κ2) is 13.8. The van der Waals surface area contributed by atoms with Crippen LogP contribution in [0.25, 0.3) is 22.2 Å². The smallest absolute Gasteiger partial charge is 0.341 e. The van der Waals surface area contributed by atoms with Crippen LogP contribution in [0.4, 0.5) is 11.6 Å². The number of esters is 1. The number of benzene rings is 1. The summed E-state index contributed by atoms with van der Waals surface area (Å²) in [5, 5.41) is 15.1. The molecule has 57 heavy (non-hydrogen) atoms. The van der Waals surface area contributed by atoms with Crippen LogP contribution in [-0.4, -0.2) is 70.8 Å². The van der Waals surface area contributed by atoms with Crippen LogP contribution in [0.3, 0.4) is 0 Å². The molecule has 2 saturated heterocycles. The minimum atomic E-state index is -1.12. The van der Waals surface area contributed by atoms with Gasteiger partial charge in [0.25, 0.3) is 0 Å². The first-order valence-electron chi connectivity index (χ1n) is 19.7. The maximum absolute atomic E-state index is 14.4. The Morgan fingerprint density at radius 1 is 1.07 bits per heavy atom. The predicted octanol–water partition coefficient (Wildman–Crippen LogP) is 3.64. The Hall–Kier alpha value is -5.57. The molecule has 14 nitrogen and oxygen atoms in total. The van der Waals surface area contributed by atoms with Crippen molar-refractivity contribution in [3.05, 3.63) is 92.7 Å². The number of rotatable bonds is 8. The van der Waals surface area contributed by atoms with Gasteiger partial charge in [0.05, 0.1) is 17.5 Å². The number of phenols is 1. The van der Waals surface area contributed by atoms with Crippen LogP contribution in [-0.2, 0) is 27.2 Å². The van der Waals surface area contributed by atoms with Gasteiger partial charge in [-0.15, -0.1) is 0 Å². The summed E-state index contributed by atoms with van der Waals surface area (Å²) >= 11 is 0. The molecule has 296 valence electrons. The lowest BCUT2D eigenvalue weighted by Gasteiger charge is -2.45. The summed E-state index contributed by atoms with van der Waals surface area (Å²) in [6, 6.07) is 10.7. The lowest BCUT2D eigenvalue weighted by molar-refractivity contribution is -0.852. The summed E-state index contributed by atoms with van der Waals surface area (Å²) in [6.45, 7) is 7.62. The van der Waals surface area contributed by atoms with Gasteiger partial charge in [-0.25, -0.2) is 14.8 Å². The lowest BCUT2D eigenvalue weighted by atomic mass is 9.75. The molecule has 5 aliphatic heterocycles. The second-order valence-corrected chi connectivity index (χ2v) is 16.7. The fourth-order valence-corrected chi connectivity index (χ4v) is 9.44. The topological polar surface area (TPSA) is 205 Å². The molecule has 14 heteroatoms. The maximum Gasteiger partial charge on any atom is 0.341 e. The van der Waals surface area contributed by atoms with Gasteiger partial charge in [0.2, 0.25) is 0 Å². The maximum atomic E-state index is 14.4. The molecule has 0 amide bonds. The summed E-state index contributed by atoms with van der Waals surface area (Å²) < 4.78 is 25.1. The third kappa shape index (κ3) is 6.74. The monoisotopic (exact) mass is 774 g/mol. The van der Waals surface area contributed by atoms with Crippen LogP contribution in [0.15, 0.2) is 74.1 Å². The van der Waals surface area contributed by atoms with Gasteiger partial charge in [0.1, 0.15) is 76.6 Å². The van der Waals surface area contributed by atoms with Crippen molar-refractivity contribution in [2.75, 3.05) is 31.6 Å². The number of nitrogens with zero attached hydrogens (tertiary/aromatic N) is 3. The van der Waals surface area contributed by atoms with E-state index in [9.17, 15) is 14.7 Å². The summed E-state index contributed by atoms with van der Waals surface area (Å²) in [7, 11) is 1.90. The van der Waals surface area contributed by atoms with Gasteiger partial charge < -0.3 is 40.5 Å². The number of aromatic nitrogens is 2. The number of nitrogen functional groups attached to an aromatic ring is 2. The van der Waals surface area contributed by atoms with Crippen molar-refractivity contribution >= 4 is 34.8 Å². The van der Waals surface area contributed by atoms with Crippen molar-refractivity contribution in [3.63, 3.8) is 0 Å². The predicted molar refractivity (Wildman–Crippen MR) is 214 cm³/mol. The highest BCUT2D eigenvalue weighted by Crippen LogP contribution is 2.54. The molecular weight excluding hydrogens is 727 g/mol. The van der Waals surface area contributed by atoms with E-state index in [1.54, 1.807) is 13.0 Å². The van der Waals surface area contributed by atoms with Crippen LogP contribution < -0.4 is 31.8 Å². The van der Waals surface area contributed by atoms with E-state index in [1.165, 1.54) is 16.5 Å². The lowest BCUT2D eigenvalue weighted by Crippen LogP contribution is -3.04. The number of phenolic OH excluding ortho intramolecular Hbond substituents is 1. The molecule has 1 unspecified atom stereocenters. The molecule has 1 spiro atoms. The Labute approximate surface area is 329 Å². The molecule has 6 atom stereocenters. The third-order valence-electron chi connectivity index (χ3n) is 12.1. The Balaban J connectivity index is 0.953. The number of aromatic hydroxyl groups is 1. The number of aliphatic imine (C=N–C) groups is 1. The number of hydrogen-bond acceptors (Lipinski definition) is 13. The SMILES string of the molecule is CNC[C@@H]1CC[C@@]2(O[C@@H]2CCc2cc(N)nc(-c3cc(N)nc(C[NH+]4C=C5N=CC=C5C4)c3)c2)C(=O)O[C@@H]2[C@@H](C1)c1c(cc3oc(C)cc(=O)c3c1O)OC2(C)C. The highest BCUT2D eigenvalue weighted by Gasteiger charge is 2.65. The summed E-state index contributed by atoms with van der Waals surface area (Å²) in [6.07, 6.45) is 7.74. The van der Waals surface area contributed by atoms with E-state index >= 15 is 0 Å². The molecule has 4 aromatic rings. The average molecular weight is 775 g/mol. The van der Waals surface area contributed by atoms with Gasteiger partial charge in [0.15, 0.2) is 11.0 Å². The van der Waals surface area contributed by atoms with Crippen LogP contribution in [0.5, 0.6) is 11.5 Å². The Morgan fingerprint density at radius 2 is 1.89 bits per heavy atom. The highest BCUT2D eigenvalue weighted by molar-refractivity contribution is 5.88. The number of carbonyl (C=O) groups excluding carboxylic acids is 1. The Kier molecular flexibility index (Phi) is 8.98. The van der Waals surface area contributed by atoms with Crippen LogP contribution in [0, 0.1) is 12.8 Å². The zero-order valence-electron chi connectivity index (χ0n) is 32.6. The molecule has 0 saturated carbocycles. The van der Waals surface area contributed by atoms with E-state index in [2.05, 4.69) is 26.5 Å². The first-order valence-corrected chi connectivity index (χ1v) is 19.7. The van der Waals surface area contributed by atoms with Crippen molar-refractivity contribution in [2.45, 2.75) is 88.7 Å². The van der Waals surface area contributed by atoms with E-state index in [-0.39, 0.29) is 34.2 Å². The molecule has 5 aliphatic rings. The van der Waals surface area contributed by atoms with Crippen molar-refractivity contribution in [1.82, 2.24) is 15.3 Å². The average Bonchev–Trinajstić information content (AvgIpc) is 3.44. The van der Waals surface area contributed by atoms with Crippen molar-refractivity contribution in [1.29, 1.82) is 0 Å². The minimum Gasteiger partial charge on any atom is -0.507 e. The molecule has 1 aromatic carbocycles. The number of pyridine rings is 2. The van der Waals surface area contributed by atoms with Crippen molar-refractivity contribution < 1.29 is 33.4 Å². The molecule has 9 rings (SSSR count). The van der Waals surface area contributed by atoms with Crippen LogP contribution in [0.2, 0.25) is 0 Å². The molecule has 7 N–H and O–H groups in total. The standard InChI is InChI=1S/C43H47N7O7/c1-22-11-31(51)38-32(54-22)17-33-37(39(38)52)28-12-24(18-46-4)7-9-43(41(53)55-40(28)42(2,3)56-33)34(57-43)6-5-23-13-29(49-35(44)14-23)26-15-27(48-36(45)16-26)20-50-19-25-8-10-47-30(25)21-50/h8,10-11,13-17,21,24,28,34,40,46,52H,5-7,9,12,18-20H2,1-4H3,(H2,44,49)(H2,45,48)/p+1/t24-,28+,34-,40-,43+/m1/s1. The molecule has 0 aliphatic carbocycles. The molecule has 3 aromatic heterocycles. The van der Waals surface area contributed by atoms with Crippen LogP contribution >= 0.6 is 0 Å². The van der Waals surface area contributed by atoms with E-state index in [0.717, 1.165) is 29.1 Å². The number of nitrogens with one attached hydrogen (secondary N) is 2. The first kappa shape index (κ1) is 37.0. The van der Waals surface area contributed by atoms with Gasteiger partial charge in [0, 0.05) is 41.0 Å². The van der Waals surface area contributed by atoms with Gasteiger partial charge >= 0.3 is 5.97 Å². The highest BCUT2D eigenvalue weighted by atomic mass is 16.7.